The van der Waals surface area contributed by atoms with E-state index in [1.165, 1.54) is 109 Å². The number of benzene rings is 6. The van der Waals surface area contributed by atoms with E-state index in [9.17, 15) is 79.2 Å². The number of ketones is 2. The Bertz CT molecular complexity index is 6630. The van der Waals surface area contributed by atoms with Gasteiger partial charge in [-0.15, -0.1) is 0 Å². The fourth-order valence-electron chi connectivity index (χ4n) is 15.1. The van der Waals surface area contributed by atoms with Crippen molar-refractivity contribution < 1.29 is 112 Å². The minimum Gasteiger partial charge on any atom is -0.478 e. The molecule has 0 aliphatic heterocycles. The quantitative estimate of drug-likeness (QED) is 0.0279. The van der Waals surface area contributed by atoms with Crippen molar-refractivity contribution in [3.63, 3.8) is 0 Å². The molecule has 6 aliphatic carbocycles. The molecular weight excluding hydrogens is 2020 g/mol. The minimum absolute atomic E-state index is 0.0627. The molecule has 18 rings (SSSR count). The van der Waals surface area contributed by atoms with Crippen molar-refractivity contribution in [1.82, 2.24) is 30.4 Å². The summed E-state index contributed by atoms with van der Waals surface area (Å²) in [6.07, 6.45) is -5.18. The molecule has 0 atom stereocenters. The number of anilines is 3. The van der Waals surface area contributed by atoms with Crippen LogP contribution >= 0.6 is 69.6 Å². The van der Waals surface area contributed by atoms with Gasteiger partial charge in [-0.05, 0) is 160 Å². The van der Waals surface area contributed by atoms with Crippen molar-refractivity contribution in [2.45, 2.75) is 169 Å². The first kappa shape index (κ1) is 102. The third-order valence-electron chi connectivity index (χ3n) is 23.3. The number of aromatic carboxylic acids is 1. The SMILES string of the molecule is CN(Cc1ccc(C(=O)CS(=O)(=O)C2CC2)cc1)c1ccc(OCc2c(-c3c(Cl)cccc3Cl)noc2C2CC2)nc1C(F)(F)F.CN(Cc1ccc(C(=O)CS(=O)(=O)C2CC2)cc1)c1ccc(OCc2c(-c3c(Cl)cccc3Cl)noc2C2CC2)nc1C(F)(F)F.CN(Cc1ccc(C(=O)O)cc1)c1ccc(OCc2c(-c3c(Cl)cccc3Cl)noc2C2CC2)nc1C(F)(F)F.NS(=O)(=O)C1CC1. The molecule has 6 aromatic carbocycles. The van der Waals surface area contributed by atoms with Gasteiger partial charge in [-0.2, -0.15) is 39.5 Å². The van der Waals surface area contributed by atoms with Crippen LogP contribution in [-0.2, 0) is 87.7 Å². The van der Waals surface area contributed by atoms with E-state index in [1.807, 2.05) is 0 Å². The van der Waals surface area contributed by atoms with Gasteiger partial charge in [0.25, 0.3) is 0 Å². The molecule has 0 unspecified atom stereocenters. The van der Waals surface area contributed by atoms with Gasteiger partial charge in [-0.3, -0.25) is 9.59 Å². The molecule has 26 nitrogen and oxygen atoms in total. The zero-order valence-electron chi connectivity index (χ0n) is 73.8. The first-order valence-electron chi connectivity index (χ1n) is 43.3. The van der Waals surface area contributed by atoms with E-state index in [0.29, 0.717) is 140 Å². The molecular formula is C95H85Cl6F9N10O16S3. The molecule has 6 heterocycles. The molecule has 44 heteroatoms. The molecule has 6 aliphatic rings. The molecule has 0 amide bonds. The van der Waals surface area contributed by atoms with Crippen molar-refractivity contribution in [3.8, 4) is 51.4 Å². The average molecular weight is 2100 g/mol. The number of nitrogens with zero attached hydrogens (tertiary/aromatic N) is 9. The molecule has 0 spiro atoms. The van der Waals surface area contributed by atoms with Crippen molar-refractivity contribution in [3.05, 3.63) is 278 Å². The molecule has 6 fully saturated rings. The van der Waals surface area contributed by atoms with Gasteiger partial charge in [0, 0.05) is 105 Å². The van der Waals surface area contributed by atoms with Gasteiger partial charge in [-0.1, -0.05) is 164 Å². The lowest BCUT2D eigenvalue weighted by Gasteiger charge is -2.23. The van der Waals surface area contributed by atoms with Crippen LogP contribution in [0, 0.1) is 0 Å². The lowest BCUT2D eigenvalue weighted by Crippen LogP contribution is -2.22. The highest BCUT2D eigenvalue weighted by Gasteiger charge is 2.45. The monoisotopic (exact) mass is 2100 g/mol. The summed E-state index contributed by atoms with van der Waals surface area (Å²) in [6.45, 7) is -0.266. The van der Waals surface area contributed by atoms with Gasteiger partial charge in [-0.25, -0.2) is 50.1 Å². The standard InChI is InChI=1S/2C32H28Cl2F3N3O5S.C28H22Cl2F3N3O4.C3H7NO2S/c2*1-40(15-18-5-7-19(8-6-18)26(41)17-46(42,43)21-11-12-21)25-13-14-27(38-31(25)32(35,36)37)44-16-22-29(39-45-30(22)20-9-10-20)28-23(33)3-2-4-24(28)34;1-36(13-15-5-7-17(8-6-15)27(37)38)21-11-12-22(34-26(21)28(31,32)33)39-14-18-24(35-40-25(18)16-9-10-16)23-19(29)3-2-4-20(23)30;4-7(5,6)3-1-2-3/h2*2-8,13-14,20-21H,9-12,15-17H2,1H3;2-8,11-12,16H,9-10,13-14H2,1H3,(H,37,38);3H,1-2H2,(H2,4,5,6). The highest BCUT2D eigenvalue weighted by molar-refractivity contribution is 7.93. The lowest BCUT2D eigenvalue weighted by molar-refractivity contribution is -0.141. The van der Waals surface area contributed by atoms with Crippen LogP contribution in [0.15, 0.2) is 177 Å². The van der Waals surface area contributed by atoms with E-state index in [4.69, 9.17) is 108 Å². The van der Waals surface area contributed by atoms with Gasteiger partial charge in [0.2, 0.25) is 27.7 Å². The normalized spacial score (nSPS) is 15.0. The van der Waals surface area contributed by atoms with Crippen LogP contribution in [0.3, 0.4) is 0 Å². The molecule has 0 bridgehead atoms. The van der Waals surface area contributed by atoms with Crippen molar-refractivity contribution in [2.24, 2.45) is 5.14 Å². The maximum Gasteiger partial charge on any atom is 0.435 e. The Labute approximate surface area is 821 Å². The molecule has 139 heavy (non-hydrogen) atoms. The van der Waals surface area contributed by atoms with Crippen molar-refractivity contribution in [1.29, 1.82) is 0 Å². The second-order valence-corrected chi connectivity index (χ2v) is 43.1. The molecule has 6 saturated carbocycles. The number of Topliss-reactive ketones (excluding diaryl/α,β-unsaturated/α-hetero) is 2. The van der Waals surface area contributed by atoms with Gasteiger partial charge in [0.15, 0.2) is 48.3 Å². The number of halogens is 15. The summed E-state index contributed by atoms with van der Waals surface area (Å²) in [4.78, 5) is 51.7. The third kappa shape index (κ3) is 25.6. The summed E-state index contributed by atoms with van der Waals surface area (Å²) in [5, 5.41) is 27.3. The highest BCUT2D eigenvalue weighted by Crippen LogP contribution is 2.51. The second-order valence-electron chi connectivity index (χ2n) is 34.3. The van der Waals surface area contributed by atoms with E-state index in [0.717, 1.165) is 51.4 Å². The van der Waals surface area contributed by atoms with Crippen LogP contribution in [0.4, 0.5) is 56.6 Å². The lowest BCUT2D eigenvalue weighted by atomic mass is 10.0. The topological polar surface area (TPSA) is 354 Å². The summed E-state index contributed by atoms with van der Waals surface area (Å²) in [6, 6.07) is 41.1. The average Bonchev–Trinajstić information content (AvgIpc) is 1.54. The number of carboxylic acid groups (broad SMARTS) is 1. The predicted octanol–water partition coefficient (Wildman–Crippen LogP) is 23.1. The van der Waals surface area contributed by atoms with Gasteiger partial charge >= 0.3 is 24.5 Å². The highest BCUT2D eigenvalue weighted by atomic mass is 35.5. The predicted molar refractivity (Wildman–Crippen MR) is 504 cm³/mol. The Morgan fingerprint density at radius 2 is 0.633 bits per heavy atom. The summed E-state index contributed by atoms with van der Waals surface area (Å²) < 4.78 is 231. The number of carboxylic acids is 1. The van der Waals surface area contributed by atoms with E-state index in [2.05, 4.69) is 30.4 Å². The Morgan fingerprint density at radius 3 is 0.849 bits per heavy atom. The van der Waals surface area contributed by atoms with Crippen LogP contribution in [-0.4, -0.2) is 127 Å². The number of rotatable bonds is 34. The number of nitrogens with two attached hydrogens (primary N) is 1. The Hall–Kier alpha value is -11.1. The summed E-state index contributed by atoms with van der Waals surface area (Å²) >= 11 is 38.4. The van der Waals surface area contributed by atoms with E-state index in [1.54, 1.807) is 91.0 Å². The van der Waals surface area contributed by atoms with Gasteiger partial charge in [0.05, 0.1) is 85.2 Å². The van der Waals surface area contributed by atoms with Crippen molar-refractivity contribution in [2.75, 3.05) is 47.3 Å². The number of aromatic nitrogens is 6. The van der Waals surface area contributed by atoms with Crippen LogP contribution in [0.5, 0.6) is 17.6 Å². The second kappa shape index (κ2) is 42.0. The first-order valence-corrected chi connectivity index (χ1v) is 50.6. The van der Waals surface area contributed by atoms with E-state index in [-0.39, 0.29) is 114 Å². The summed E-state index contributed by atoms with van der Waals surface area (Å²) in [5.41, 5.74) is 2.60. The Balaban J connectivity index is 0.000000152. The number of carbonyl (C=O) groups excluding carboxylic acids is 2. The number of carbonyl (C=O) groups is 3. The number of ether oxygens (including phenoxy) is 3. The summed E-state index contributed by atoms with van der Waals surface area (Å²) in [7, 11) is -5.57. The fourth-order valence-corrected chi connectivity index (χ4v) is 20.9. The Kier molecular flexibility index (Phi) is 30.9. The van der Waals surface area contributed by atoms with Crippen LogP contribution in [0.25, 0.3) is 33.8 Å². The molecule has 734 valence electrons. The number of alkyl halides is 9. The number of primary sulfonamides is 1. The first-order chi connectivity index (χ1) is 65.8. The zero-order chi connectivity index (χ0) is 99.7. The van der Waals surface area contributed by atoms with Crippen LogP contribution in [0.2, 0.25) is 30.1 Å². The largest absolute Gasteiger partial charge is 0.478 e. The van der Waals surface area contributed by atoms with Gasteiger partial charge < -0.3 is 47.6 Å². The maximum absolute atomic E-state index is 14.2. The number of pyridine rings is 3. The molecule has 0 saturated heterocycles. The minimum atomic E-state index is -4.79. The van der Waals surface area contributed by atoms with Crippen LogP contribution in [0.1, 0.15) is 194 Å². The number of hydrogen-bond acceptors (Lipinski definition) is 24. The fraction of sp³-hybridized carbons (Fsp3) is 0.337. The maximum atomic E-state index is 14.2. The third-order valence-corrected chi connectivity index (χ3v) is 30.9. The number of sulfonamides is 1. The molecule has 6 aromatic heterocycles. The number of sulfone groups is 2. The number of hydrogen-bond donors (Lipinski definition) is 2. The Morgan fingerprint density at radius 1 is 0.381 bits per heavy atom. The smallest absolute Gasteiger partial charge is 0.435 e. The van der Waals surface area contributed by atoms with Crippen molar-refractivity contribution >= 4 is 134 Å². The zero-order valence-corrected chi connectivity index (χ0v) is 80.7. The molecule has 3 N–H and O–H groups in total. The van der Waals surface area contributed by atoms with E-state index < -0.39 is 105 Å². The van der Waals surface area contributed by atoms with Crippen LogP contribution < -0.4 is 34.0 Å². The molecule has 12 aromatic rings. The summed E-state index contributed by atoms with van der Waals surface area (Å²) in [5.74, 6) is -1.80. The van der Waals surface area contributed by atoms with Gasteiger partial charge in [0.1, 0.15) is 65.7 Å². The van der Waals surface area contributed by atoms with E-state index >= 15 is 0 Å². The molecule has 0 radical (unpaired) electrons.